The van der Waals surface area contributed by atoms with E-state index in [1.165, 1.54) is 12.0 Å². The highest BCUT2D eigenvalue weighted by Gasteiger charge is 2.47. The van der Waals surface area contributed by atoms with Gasteiger partial charge in [-0.25, -0.2) is 0 Å². The number of ether oxygens (including phenoxy) is 2. The van der Waals surface area contributed by atoms with Crippen molar-refractivity contribution in [3.05, 3.63) is 65.2 Å². The fraction of sp³-hybridized carbons (Fsp3) is 0.333. The second kappa shape index (κ2) is 9.66. The van der Waals surface area contributed by atoms with Crippen LogP contribution in [-0.2, 0) is 9.59 Å². The third-order valence-electron chi connectivity index (χ3n) is 5.32. The van der Waals surface area contributed by atoms with E-state index in [2.05, 4.69) is 0 Å². The Morgan fingerprint density at radius 2 is 1.77 bits per heavy atom. The summed E-state index contributed by atoms with van der Waals surface area (Å²) in [6.07, 6.45) is 0.675. The van der Waals surface area contributed by atoms with Gasteiger partial charge in [0.1, 0.15) is 17.3 Å². The van der Waals surface area contributed by atoms with E-state index in [9.17, 15) is 14.7 Å². The highest BCUT2D eigenvalue weighted by molar-refractivity contribution is 6.46. The number of nitrogens with zero attached hydrogens (tertiary/aromatic N) is 2. The molecular formula is C24H28N2O5. The first kappa shape index (κ1) is 22.4. The summed E-state index contributed by atoms with van der Waals surface area (Å²) in [7, 11) is 6.97. The van der Waals surface area contributed by atoms with Crippen LogP contribution >= 0.6 is 0 Å². The summed E-state index contributed by atoms with van der Waals surface area (Å²) < 4.78 is 10.9. The summed E-state index contributed by atoms with van der Waals surface area (Å²) in [5, 5.41) is 11.1. The average molecular weight is 424 g/mol. The largest absolute Gasteiger partial charge is 0.507 e. The van der Waals surface area contributed by atoms with Crippen LogP contribution in [0, 0.1) is 0 Å². The smallest absolute Gasteiger partial charge is 0.295 e. The first-order chi connectivity index (χ1) is 14.9. The maximum Gasteiger partial charge on any atom is 0.295 e. The Morgan fingerprint density at radius 3 is 2.39 bits per heavy atom. The topological polar surface area (TPSA) is 79.3 Å². The van der Waals surface area contributed by atoms with Gasteiger partial charge in [-0.2, -0.15) is 0 Å². The first-order valence-corrected chi connectivity index (χ1v) is 10.1. The monoisotopic (exact) mass is 424 g/mol. The third kappa shape index (κ3) is 4.56. The summed E-state index contributed by atoms with van der Waals surface area (Å²) in [6.45, 7) is 1.11. The summed E-state index contributed by atoms with van der Waals surface area (Å²) in [4.78, 5) is 29.6. The van der Waals surface area contributed by atoms with Crippen molar-refractivity contribution < 1.29 is 24.2 Å². The number of aliphatic hydroxyl groups excluding tert-OH is 1. The Bertz CT molecular complexity index is 985. The number of ketones is 1. The molecule has 164 valence electrons. The average Bonchev–Trinajstić information content (AvgIpc) is 3.03. The summed E-state index contributed by atoms with van der Waals surface area (Å²) in [5.41, 5.74) is 1.11. The van der Waals surface area contributed by atoms with Crippen LogP contribution in [0.15, 0.2) is 54.1 Å². The van der Waals surface area contributed by atoms with E-state index in [4.69, 9.17) is 9.47 Å². The van der Waals surface area contributed by atoms with E-state index in [1.54, 1.807) is 49.6 Å². The first-order valence-electron chi connectivity index (χ1n) is 10.1. The van der Waals surface area contributed by atoms with Gasteiger partial charge in [0.25, 0.3) is 11.7 Å². The Morgan fingerprint density at radius 1 is 1.06 bits per heavy atom. The number of amides is 1. The van der Waals surface area contributed by atoms with E-state index in [-0.39, 0.29) is 11.3 Å². The lowest BCUT2D eigenvalue weighted by Gasteiger charge is -2.27. The molecule has 0 spiro atoms. The number of likely N-dealkylation sites (tertiary alicyclic amines) is 1. The molecule has 1 amide bonds. The quantitative estimate of drug-likeness (QED) is 0.399. The van der Waals surface area contributed by atoms with Gasteiger partial charge in [-0.3, -0.25) is 9.59 Å². The van der Waals surface area contributed by atoms with Gasteiger partial charge in [-0.1, -0.05) is 30.3 Å². The molecule has 31 heavy (non-hydrogen) atoms. The van der Waals surface area contributed by atoms with E-state index in [0.717, 1.165) is 6.54 Å². The zero-order valence-electron chi connectivity index (χ0n) is 18.3. The zero-order valence-corrected chi connectivity index (χ0v) is 18.3. The lowest BCUT2D eigenvalue weighted by molar-refractivity contribution is -0.140. The van der Waals surface area contributed by atoms with Crippen LogP contribution in [0.4, 0.5) is 0 Å². The summed E-state index contributed by atoms with van der Waals surface area (Å²) >= 11 is 0. The number of hydrogen-bond donors (Lipinski definition) is 1. The molecule has 1 fully saturated rings. The van der Waals surface area contributed by atoms with Crippen molar-refractivity contribution in [2.45, 2.75) is 12.5 Å². The van der Waals surface area contributed by atoms with Gasteiger partial charge in [0.15, 0.2) is 0 Å². The Hall–Kier alpha value is -3.32. The van der Waals surface area contributed by atoms with Crippen LogP contribution in [0.1, 0.15) is 23.6 Å². The number of hydrogen-bond acceptors (Lipinski definition) is 6. The molecular weight excluding hydrogens is 396 g/mol. The summed E-state index contributed by atoms with van der Waals surface area (Å²) in [6, 6.07) is 13.2. The predicted molar refractivity (Wildman–Crippen MR) is 118 cm³/mol. The van der Waals surface area contributed by atoms with Crippen LogP contribution in [0.3, 0.4) is 0 Å². The SMILES string of the molecule is COc1ccc(OC)c([C@H]2/C(=C(\O)c3ccccc3)C(=O)C(=O)N2CCCN(C)C)c1. The van der Waals surface area contributed by atoms with Crippen molar-refractivity contribution in [2.75, 3.05) is 41.4 Å². The molecule has 1 aliphatic heterocycles. The van der Waals surface area contributed by atoms with Gasteiger partial charge in [-0.15, -0.1) is 0 Å². The molecule has 0 bridgehead atoms. The highest BCUT2D eigenvalue weighted by atomic mass is 16.5. The minimum Gasteiger partial charge on any atom is -0.507 e. The minimum absolute atomic E-state index is 0.0487. The van der Waals surface area contributed by atoms with E-state index >= 15 is 0 Å². The van der Waals surface area contributed by atoms with Gasteiger partial charge in [-0.05, 0) is 45.3 Å². The molecule has 2 aromatic carbocycles. The molecule has 1 heterocycles. The van der Waals surface area contributed by atoms with Crippen molar-refractivity contribution in [3.8, 4) is 11.5 Å². The molecule has 0 aliphatic carbocycles. The lowest BCUT2D eigenvalue weighted by Crippen LogP contribution is -2.32. The lowest BCUT2D eigenvalue weighted by atomic mass is 9.94. The van der Waals surface area contributed by atoms with Crippen molar-refractivity contribution >= 4 is 17.4 Å². The van der Waals surface area contributed by atoms with Gasteiger partial charge in [0.2, 0.25) is 0 Å². The molecule has 7 heteroatoms. The maximum atomic E-state index is 13.1. The summed E-state index contributed by atoms with van der Waals surface area (Å²) in [5.74, 6) is -0.477. The number of methoxy groups -OCH3 is 2. The molecule has 2 aromatic rings. The van der Waals surface area contributed by atoms with Crippen LogP contribution < -0.4 is 9.47 Å². The van der Waals surface area contributed by atoms with Crippen LogP contribution in [-0.4, -0.2) is 68.0 Å². The van der Waals surface area contributed by atoms with Gasteiger partial charge in [0.05, 0.1) is 25.8 Å². The molecule has 0 radical (unpaired) electrons. The van der Waals surface area contributed by atoms with Crippen LogP contribution in [0.25, 0.3) is 5.76 Å². The molecule has 0 unspecified atom stereocenters. The molecule has 3 rings (SSSR count). The molecule has 0 saturated carbocycles. The Balaban J connectivity index is 2.18. The van der Waals surface area contributed by atoms with Gasteiger partial charge >= 0.3 is 0 Å². The number of carbonyl (C=O) groups is 2. The second-order valence-electron chi connectivity index (χ2n) is 7.62. The Labute approximate surface area is 182 Å². The molecule has 1 aliphatic rings. The maximum absolute atomic E-state index is 13.1. The van der Waals surface area contributed by atoms with Crippen LogP contribution in [0.5, 0.6) is 11.5 Å². The fourth-order valence-corrected chi connectivity index (χ4v) is 3.80. The molecule has 1 saturated heterocycles. The third-order valence-corrected chi connectivity index (χ3v) is 5.32. The molecule has 7 nitrogen and oxygen atoms in total. The number of benzene rings is 2. The van der Waals surface area contributed by atoms with Crippen molar-refractivity contribution in [1.82, 2.24) is 9.80 Å². The highest BCUT2D eigenvalue weighted by Crippen LogP contribution is 2.43. The second-order valence-corrected chi connectivity index (χ2v) is 7.62. The standard InChI is InChI=1S/C24H28N2O5/c1-25(2)13-8-14-26-21(18-15-17(30-3)11-12-19(18)31-4)20(23(28)24(26)29)22(27)16-9-6-5-7-10-16/h5-7,9-12,15,21,27H,8,13-14H2,1-4H3/b22-20+/t21-/m0/s1. The number of Topliss-reactive ketones (excluding diaryl/α,β-unsaturated/α-hetero) is 1. The number of aliphatic hydroxyl groups is 1. The normalized spacial score (nSPS) is 18.0. The van der Waals surface area contributed by atoms with Crippen molar-refractivity contribution in [1.29, 1.82) is 0 Å². The molecule has 0 aromatic heterocycles. The fourth-order valence-electron chi connectivity index (χ4n) is 3.80. The van der Waals surface area contributed by atoms with E-state index in [1.807, 2.05) is 25.1 Å². The van der Waals surface area contributed by atoms with Gasteiger partial charge in [0, 0.05) is 17.7 Å². The molecule has 1 atom stereocenters. The van der Waals surface area contributed by atoms with Gasteiger partial charge < -0.3 is 24.4 Å². The predicted octanol–water partition coefficient (Wildman–Crippen LogP) is 3.08. The van der Waals surface area contributed by atoms with Crippen LogP contribution in [0.2, 0.25) is 0 Å². The Kier molecular flexibility index (Phi) is 6.97. The van der Waals surface area contributed by atoms with Crippen molar-refractivity contribution in [2.24, 2.45) is 0 Å². The molecule has 1 N–H and O–H groups in total. The number of rotatable bonds is 8. The zero-order chi connectivity index (χ0) is 22.5. The van der Waals surface area contributed by atoms with E-state index in [0.29, 0.717) is 35.6 Å². The van der Waals surface area contributed by atoms with E-state index < -0.39 is 17.7 Å². The minimum atomic E-state index is -0.785. The number of carbonyl (C=O) groups excluding carboxylic acids is 2. The van der Waals surface area contributed by atoms with Crippen molar-refractivity contribution in [3.63, 3.8) is 0 Å².